The van der Waals surface area contributed by atoms with Crippen LogP contribution >= 0.6 is 0 Å². The zero-order valence-electron chi connectivity index (χ0n) is 11.3. The van der Waals surface area contributed by atoms with Crippen LogP contribution in [0.4, 0.5) is 0 Å². The topological polar surface area (TPSA) is 38.1 Å². The lowest BCUT2D eigenvalue weighted by molar-refractivity contribution is 0.0723. The van der Waals surface area contributed by atoms with Crippen molar-refractivity contribution >= 4 is 5.91 Å². The molecule has 98 valence electrons. The van der Waals surface area contributed by atoms with Crippen molar-refractivity contribution < 1.29 is 4.79 Å². The third kappa shape index (κ3) is 2.14. The first-order valence-electron chi connectivity index (χ1n) is 6.52. The number of hydrogen-bond donors (Lipinski definition) is 0. The van der Waals surface area contributed by atoms with Crippen LogP contribution in [0, 0.1) is 6.92 Å². The van der Waals surface area contributed by atoms with E-state index in [9.17, 15) is 4.79 Å². The molecular weight excluding hydrogens is 238 g/mol. The zero-order chi connectivity index (χ0) is 13.4. The molecular formula is C15H17N3O. The summed E-state index contributed by atoms with van der Waals surface area (Å²) in [6, 6.07) is 9.91. The van der Waals surface area contributed by atoms with Crippen molar-refractivity contribution in [1.29, 1.82) is 0 Å². The summed E-state index contributed by atoms with van der Waals surface area (Å²) < 4.78 is 1.85. The molecule has 4 nitrogen and oxygen atoms in total. The fourth-order valence-corrected chi connectivity index (χ4v) is 2.63. The van der Waals surface area contributed by atoms with Gasteiger partial charge in [-0.3, -0.25) is 9.48 Å². The largest absolute Gasteiger partial charge is 0.332 e. The van der Waals surface area contributed by atoms with Gasteiger partial charge >= 0.3 is 0 Å². The molecule has 1 aromatic heterocycles. The van der Waals surface area contributed by atoms with Crippen molar-refractivity contribution in [3.8, 4) is 0 Å². The molecule has 0 aliphatic carbocycles. The second-order valence-corrected chi connectivity index (χ2v) is 5.03. The van der Waals surface area contributed by atoms with E-state index in [4.69, 9.17) is 0 Å². The van der Waals surface area contributed by atoms with Crippen molar-refractivity contribution in [1.82, 2.24) is 14.7 Å². The molecule has 0 unspecified atom stereocenters. The number of aromatic nitrogens is 2. The molecule has 0 atom stereocenters. The molecule has 0 spiro atoms. The summed E-state index contributed by atoms with van der Waals surface area (Å²) in [5.74, 6) is 0.126. The van der Waals surface area contributed by atoms with E-state index in [1.54, 1.807) is 0 Å². The second kappa shape index (κ2) is 4.53. The van der Waals surface area contributed by atoms with Crippen LogP contribution in [-0.4, -0.2) is 27.1 Å². The lowest BCUT2D eigenvalue weighted by atomic mass is 9.99. The number of aryl methyl sites for hydroxylation is 2. The first-order chi connectivity index (χ1) is 9.15. The lowest BCUT2D eigenvalue weighted by Gasteiger charge is -2.28. The molecule has 1 amide bonds. The highest BCUT2D eigenvalue weighted by molar-refractivity contribution is 5.96. The van der Waals surface area contributed by atoms with Gasteiger partial charge in [-0.15, -0.1) is 0 Å². The van der Waals surface area contributed by atoms with Gasteiger partial charge in [0.1, 0.15) is 0 Å². The minimum Gasteiger partial charge on any atom is -0.332 e. The van der Waals surface area contributed by atoms with E-state index in [0.717, 1.165) is 35.5 Å². The quantitative estimate of drug-likeness (QED) is 0.822. The third-order valence-corrected chi connectivity index (χ3v) is 3.64. The van der Waals surface area contributed by atoms with Crippen LogP contribution in [0.1, 0.15) is 27.3 Å². The molecule has 1 aromatic carbocycles. The number of nitrogens with zero attached hydrogens (tertiary/aromatic N) is 3. The van der Waals surface area contributed by atoms with E-state index in [0.29, 0.717) is 6.54 Å². The number of benzene rings is 1. The summed E-state index contributed by atoms with van der Waals surface area (Å²) in [7, 11) is 1.92. The normalized spacial score (nSPS) is 14.6. The Bertz CT molecular complexity index is 630. The van der Waals surface area contributed by atoms with Crippen molar-refractivity contribution in [2.75, 3.05) is 6.54 Å². The maximum atomic E-state index is 12.4. The SMILES string of the molecule is Cc1cc(CN2CCc3ccccc3C2=O)n(C)n1. The van der Waals surface area contributed by atoms with E-state index < -0.39 is 0 Å². The average Bonchev–Trinajstić information content (AvgIpc) is 2.72. The monoisotopic (exact) mass is 255 g/mol. The minimum atomic E-state index is 0.126. The van der Waals surface area contributed by atoms with Crippen LogP contribution < -0.4 is 0 Å². The molecule has 0 saturated carbocycles. The van der Waals surface area contributed by atoms with Crippen LogP contribution in [-0.2, 0) is 20.0 Å². The molecule has 1 aliphatic heterocycles. The van der Waals surface area contributed by atoms with E-state index in [2.05, 4.69) is 5.10 Å². The van der Waals surface area contributed by atoms with Crippen LogP contribution in [0.3, 0.4) is 0 Å². The number of carbonyl (C=O) groups is 1. The standard InChI is InChI=1S/C15H17N3O/c1-11-9-13(17(2)16-11)10-18-8-7-12-5-3-4-6-14(12)15(18)19/h3-6,9H,7-8,10H2,1-2H3. The number of hydrogen-bond acceptors (Lipinski definition) is 2. The van der Waals surface area contributed by atoms with Gasteiger partial charge in [0.05, 0.1) is 17.9 Å². The predicted octanol–water partition coefficient (Wildman–Crippen LogP) is 1.93. The van der Waals surface area contributed by atoms with Crippen molar-refractivity contribution in [2.24, 2.45) is 7.05 Å². The van der Waals surface area contributed by atoms with Crippen LogP contribution in [0.25, 0.3) is 0 Å². The Morgan fingerprint density at radius 1 is 1.32 bits per heavy atom. The van der Waals surface area contributed by atoms with Gasteiger partial charge in [0.2, 0.25) is 0 Å². The molecule has 1 aliphatic rings. The van der Waals surface area contributed by atoms with E-state index in [1.165, 1.54) is 0 Å². The molecule has 2 aromatic rings. The maximum absolute atomic E-state index is 12.4. The summed E-state index contributed by atoms with van der Waals surface area (Å²) >= 11 is 0. The number of amides is 1. The highest BCUT2D eigenvalue weighted by Crippen LogP contribution is 2.20. The van der Waals surface area contributed by atoms with E-state index in [-0.39, 0.29) is 5.91 Å². The molecule has 3 rings (SSSR count). The summed E-state index contributed by atoms with van der Waals surface area (Å²) in [6.07, 6.45) is 0.929. The first-order valence-corrected chi connectivity index (χ1v) is 6.52. The highest BCUT2D eigenvalue weighted by atomic mass is 16.2. The van der Waals surface area contributed by atoms with Crippen molar-refractivity contribution in [3.05, 3.63) is 52.8 Å². The Balaban J connectivity index is 1.85. The fourth-order valence-electron chi connectivity index (χ4n) is 2.63. The Morgan fingerprint density at radius 2 is 2.11 bits per heavy atom. The molecule has 0 N–H and O–H groups in total. The molecule has 0 saturated heterocycles. The third-order valence-electron chi connectivity index (χ3n) is 3.64. The smallest absolute Gasteiger partial charge is 0.254 e. The Labute approximate surface area is 112 Å². The Kier molecular flexibility index (Phi) is 2.85. The first kappa shape index (κ1) is 12.0. The molecule has 0 radical (unpaired) electrons. The number of carbonyl (C=O) groups excluding carboxylic acids is 1. The van der Waals surface area contributed by atoms with Gasteiger partial charge in [-0.05, 0) is 31.0 Å². The summed E-state index contributed by atoms with van der Waals surface area (Å²) in [4.78, 5) is 14.3. The maximum Gasteiger partial charge on any atom is 0.254 e. The van der Waals surface area contributed by atoms with Crippen molar-refractivity contribution in [3.63, 3.8) is 0 Å². The minimum absolute atomic E-state index is 0.126. The van der Waals surface area contributed by atoms with Crippen LogP contribution in [0.5, 0.6) is 0 Å². The summed E-state index contributed by atoms with van der Waals surface area (Å²) in [5.41, 5.74) is 4.06. The van der Waals surface area contributed by atoms with Crippen molar-refractivity contribution in [2.45, 2.75) is 19.9 Å². The number of rotatable bonds is 2. The van der Waals surface area contributed by atoms with Gasteiger partial charge in [0, 0.05) is 19.2 Å². The molecule has 19 heavy (non-hydrogen) atoms. The lowest BCUT2D eigenvalue weighted by Crippen LogP contribution is -2.37. The second-order valence-electron chi connectivity index (χ2n) is 5.03. The Hall–Kier alpha value is -2.10. The van der Waals surface area contributed by atoms with Gasteiger partial charge in [-0.2, -0.15) is 5.10 Å². The van der Waals surface area contributed by atoms with Crippen LogP contribution in [0.15, 0.2) is 30.3 Å². The average molecular weight is 255 g/mol. The highest BCUT2D eigenvalue weighted by Gasteiger charge is 2.24. The summed E-state index contributed by atoms with van der Waals surface area (Å²) in [5, 5.41) is 4.32. The predicted molar refractivity (Wildman–Crippen MR) is 72.8 cm³/mol. The van der Waals surface area contributed by atoms with Gasteiger partial charge in [-0.1, -0.05) is 18.2 Å². The zero-order valence-corrected chi connectivity index (χ0v) is 11.3. The molecule has 4 heteroatoms. The van der Waals surface area contributed by atoms with E-state index >= 15 is 0 Å². The van der Waals surface area contributed by atoms with Gasteiger partial charge in [0.25, 0.3) is 5.91 Å². The van der Waals surface area contributed by atoms with E-state index in [1.807, 2.05) is 53.9 Å². The van der Waals surface area contributed by atoms with Gasteiger partial charge < -0.3 is 4.90 Å². The number of fused-ring (bicyclic) bond motifs is 1. The Morgan fingerprint density at radius 3 is 2.84 bits per heavy atom. The van der Waals surface area contributed by atoms with Gasteiger partial charge in [0.15, 0.2) is 0 Å². The summed E-state index contributed by atoms with van der Waals surface area (Å²) in [6.45, 7) is 3.38. The molecule has 0 fully saturated rings. The molecule has 0 bridgehead atoms. The van der Waals surface area contributed by atoms with Crippen LogP contribution in [0.2, 0.25) is 0 Å². The molecule has 2 heterocycles. The van der Waals surface area contributed by atoms with Gasteiger partial charge in [-0.25, -0.2) is 0 Å². The fraction of sp³-hybridized carbons (Fsp3) is 0.333.